The van der Waals surface area contributed by atoms with Crippen LogP contribution in [0.5, 0.6) is 0 Å². The van der Waals surface area contributed by atoms with Gasteiger partial charge in [0, 0.05) is 18.0 Å². The van der Waals surface area contributed by atoms with Gasteiger partial charge in [-0.2, -0.15) is 0 Å². The zero-order chi connectivity index (χ0) is 17.4. The highest BCUT2D eigenvalue weighted by atomic mass is 16.4. The lowest BCUT2D eigenvalue weighted by molar-refractivity contribution is -0.116. The predicted molar refractivity (Wildman–Crippen MR) is 92.1 cm³/mol. The van der Waals surface area contributed by atoms with Gasteiger partial charge in [-0.25, -0.2) is 9.78 Å². The van der Waals surface area contributed by atoms with E-state index in [9.17, 15) is 9.59 Å². The molecule has 0 aliphatic carbocycles. The number of amides is 1. The van der Waals surface area contributed by atoms with Crippen LogP contribution in [0, 0.1) is 0 Å². The molecule has 4 rings (SSSR count). The number of fused-ring (bicyclic) bond motifs is 1. The fraction of sp³-hybridized carbons (Fsp3) is 0.105. The number of benzene rings is 2. The summed E-state index contributed by atoms with van der Waals surface area (Å²) >= 11 is 0. The van der Waals surface area contributed by atoms with Crippen LogP contribution >= 0.6 is 0 Å². The smallest absolute Gasteiger partial charge is 0.335 e. The Bertz CT molecular complexity index is 946. The first-order valence-corrected chi connectivity index (χ1v) is 7.89. The van der Waals surface area contributed by atoms with Crippen LogP contribution in [-0.2, 0) is 4.79 Å². The predicted octanol–water partition coefficient (Wildman–Crippen LogP) is 3.04. The maximum atomic E-state index is 12.2. The van der Waals surface area contributed by atoms with Crippen molar-refractivity contribution in [3.63, 3.8) is 0 Å². The van der Waals surface area contributed by atoms with Gasteiger partial charge in [0.25, 0.3) is 0 Å². The summed E-state index contributed by atoms with van der Waals surface area (Å²) in [6.45, 7) is 0. The van der Waals surface area contributed by atoms with Gasteiger partial charge < -0.3 is 10.4 Å². The Morgan fingerprint density at radius 3 is 2.52 bits per heavy atom. The Labute approximate surface area is 143 Å². The van der Waals surface area contributed by atoms with Gasteiger partial charge in [0.05, 0.1) is 11.3 Å². The van der Waals surface area contributed by atoms with Crippen LogP contribution in [0.25, 0.3) is 5.69 Å². The number of carbonyl (C=O) groups is 2. The molecule has 1 aliphatic rings. The highest BCUT2D eigenvalue weighted by molar-refractivity contribution is 5.94. The monoisotopic (exact) mass is 333 g/mol. The number of carboxylic acid groups (broad SMARTS) is 1. The van der Waals surface area contributed by atoms with Crippen molar-refractivity contribution in [2.45, 2.75) is 12.3 Å². The second kappa shape index (κ2) is 5.90. The first-order valence-electron chi connectivity index (χ1n) is 7.89. The van der Waals surface area contributed by atoms with E-state index in [-0.39, 0.29) is 23.8 Å². The van der Waals surface area contributed by atoms with Gasteiger partial charge >= 0.3 is 5.97 Å². The third kappa shape index (κ3) is 2.67. The summed E-state index contributed by atoms with van der Waals surface area (Å²) in [6.07, 6.45) is 1.98. The topological polar surface area (TPSA) is 84.2 Å². The molecule has 6 nitrogen and oxygen atoms in total. The largest absolute Gasteiger partial charge is 0.478 e. The number of nitrogens with zero attached hydrogens (tertiary/aromatic N) is 2. The average molecular weight is 333 g/mol. The maximum Gasteiger partial charge on any atom is 0.335 e. The van der Waals surface area contributed by atoms with Crippen LogP contribution < -0.4 is 5.32 Å². The summed E-state index contributed by atoms with van der Waals surface area (Å²) < 4.78 is 1.85. The zero-order valence-corrected chi connectivity index (χ0v) is 13.2. The number of anilines is 1. The van der Waals surface area contributed by atoms with Crippen LogP contribution in [0.3, 0.4) is 0 Å². The molecule has 0 radical (unpaired) electrons. The van der Waals surface area contributed by atoms with Crippen LogP contribution in [0.15, 0.2) is 60.9 Å². The molecule has 1 aliphatic heterocycles. The van der Waals surface area contributed by atoms with Crippen molar-refractivity contribution in [1.29, 1.82) is 0 Å². The number of para-hydroxylation sites is 1. The maximum absolute atomic E-state index is 12.2. The van der Waals surface area contributed by atoms with Gasteiger partial charge in [-0.3, -0.25) is 9.36 Å². The van der Waals surface area contributed by atoms with Crippen LogP contribution in [0.1, 0.15) is 34.0 Å². The molecule has 0 saturated heterocycles. The Kier molecular flexibility index (Phi) is 3.57. The summed E-state index contributed by atoms with van der Waals surface area (Å²) in [5, 5.41) is 11.9. The zero-order valence-electron chi connectivity index (χ0n) is 13.2. The second-order valence-electron chi connectivity index (χ2n) is 5.92. The molecule has 6 heteroatoms. The van der Waals surface area contributed by atoms with Gasteiger partial charge in [0.15, 0.2) is 0 Å². The molecule has 2 N–H and O–H groups in total. The Hall–Kier alpha value is -3.41. The molecule has 2 aromatic carbocycles. The molecule has 2 heterocycles. The molecule has 3 aromatic rings. The standard InChI is InChI=1S/C19H15N3O3/c23-16-10-15(12-6-8-13(9-7-12)19(24)25)17-18(21-16)22(11-20-17)14-4-2-1-3-5-14/h1-9,11,15H,10H2,(H,21,23)(H,24,25). The van der Waals surface area contributed by atoms with Crippen molar-refractivity contribution in [3.05, 3.63) is 77.7 Å². The van der Waals surface area contributed by atoms with Crippen molar-refractivity contribution in [2.24, 2.45) is 0 Å². The number of nitrogens with one attached hydrogen (secondary N) is 1. The van der Waals surface area contributed by atoms with Gasteiger partial charge in [0.2, 0.25) is 5.91 Å². The summed E-state index contributed by atoms with van der Waals surface area (Å²) in [4.78, 5) is 27.8. The molecule has 0 fully saturated rings. The molecule has 1 atom stereocenters. The number of aromatic nitrogens is 2. The van der Waals surface area contributed by atoms with E-state index in [4.69, 9.17) is 5.11 Å². The third-order valence-corrected chi connectivity index (χ3v) is 4.37. The van der Waals surface area contributed by atoms with E-state index in [0.29, 0.717) is 5.82 Å². The van der Waals surface area contributed by atoms with E-state index in [1.807, 2.05) is 34.9 Å². The van der Waals surface area contributed by atoms with Crippen molar-refractivity contribution in [3.8, 4) is 5.69 Å². The first-order chi connectivity index (χ1) is 12.1. The first kappa shape index (κ1) is 15.1. The lowest BCUT2D eigenvalue weighted by Gasteiger charge is -2.23. The fourth-order valence-electron chi connectivity index (χ4n) is 3.12. The Morgan fingerprint density at radius 2 is 1.84 bits per heavy atom. The van der Waals surface area contributed by atoms with E-state index >= 15 is 0 Å². The summed E-state index contributed by atoms with van der Waals surface area (Å²) in [6, 6.07) is 16.3. The van der Waals surface area contributed by atoms with Gasteiger partial charge in [-0.1, -0.05) is 30.3 Å². The number of carbonyl (C=O) groups excluding carboxylic acids is 1. The highest BCUT2D eigenvalue weighted by Gasteiger charge is 2.31. The molecule has 0 bridgehead atoms. The Balaban J connectivity index is 1.77. The average Bonchev–Trinajstić information content (AvgIpc) is 3.05. The molecular weight excluding hydrogens is 318 g/mol. The third-order valence-electron chi connectivity index (χ3n) is 4.37. The van der Waals surface area contributed by atoms with Crippen LogP contribution in [0.4, 0.5) is 5.82 Å². The summed E-state index contributed by atoms with van der Waals surface area (Å²) in [5.74, 6) is -0.592. The van der Waals surface area contributed by atoms with E-state index in [1.165, 1.54) is 0 Å². The molecular formula is C19H15N3O3. The number of rotatable bonds is 3. The van der Waals surface area contributed by atoms with Crippen LogP contribution in [0.2, 0.25) is 0 Å². The lowest BCUT2D eigenvalue weighted by Crippen LogP contribution is -2.24. The quantitative estimate of drug-likeness (QED) is 0.771. The molecule has 1 aromatic heterocycles. The SMILES string of the molecule is O=C1CC(c2ccc(C(=O)O)cc2)c2ncn(-c3ccccc3)c2N1. The van der Waals surface area contributed by atoms with Gasteiger partial charge in [-0.05, 0) is 29.8 Å². The number of hydrogen-bond donors (Lipinski definition) is 2. The Morgan fingerprint density at radius 1 is 1.12 bits per heavy atom. The number of imidazole rings is 1. The van der Waals surface area contributed by atoms with E-state index in [0.717, 1.165) is 16.9 Å². The number of carboxylic acids is 1. The van der Waals surface area contributed by atoms with Gasteiger partial charge in [-0.15, -0.1) is 0 Å². The molecule has 25 heavy (non-hydrogen) atoms. The minimum atomic E-state index is -0.970. The fourth-order valence-corrected chi connectivity index (χ4v) is 3.12. The van der Waals surface area contributed by atoms with Crippen molar-refractivity contribution < 1.29 is 14.7 Å². The van der Waals surface area contributed by atoms with E-state index in [1.54, 1.807) is 30.6 Å². The van der Waals surface area contributed by atoms with Crippen molar-refractivity contribution in [2.75, 3.05) is 5.32 Å². The molecule has 1 amide bonds. The molecule has 1 unspecified atom stereocenters. The minimum Gasteiger partial charge on any atom is -0.478 e. The number of hydrogen-bond acceptors (Lipinski definition) is 3. The summed E-state index contributed by atoms with van der Waals surface area (Å²) in [5.41, 5.74) is 2.79. The molecule has 0 saturated carbocycles. The highest BCUT2D eigenvalue weighted by Crippen LogP contribution is 2.37. The number of aromatic carboxylic acids is 1. The normalized spacial score (nSPS) is 16.2. The van der Waals surface area contributed by atoms with Crippen molar-refractivity contribution >= 4 is 17.7 Å². The van der Waals surface area contributed by atoms with Crippen LogP contribution in [-0.4, -0.2) is 26.5 Å². The van der Waals surface area contributed by atoms with Gasteiger partial charge in [0.1, 0.15) is 12.1 Å². The molecule has 0 spiro atoms. The lowest BCUT2D eigenvalue weighted by atomic mass is 9.89. The minimum absolute atomic E-state index is 0.0857. The summed E-state index contributed by atoms with van der Waals surface area (Å²) in [7, 11) is 0. The van der Waals surface area contributed by atoms with E-state index < -0.39 is 5.97 Å². The molecule has 124 valence electrons. The second-order valence-corrected chi connectivity index (χ2v) is 5.92. The van der Waals surface area contributed by atoms with Crippen molar-refractivity contribution in [1.82, 2.24) is 9.55 Å². The van der Waals surface area contributed by atoms with E-state index in [2.05, 4.69) is 10.3 Å².